The lowest BCUT2D eigenvalue weighted by Gasteiger charge is -2.06. The van der Waals surface area contributed by atoms with Gasteiger partial charge in [0.2, 0.25) is 0 Å². The monoisotopic (exact) mass is 320 g/mol. The topological polar surface area (TPSA) is 61.2 Å². The first kappa shape index (κ1) is 15.7. The van der Waals surface area contributed by atoms with Crippen molar-refractivity contribution in [3.63, 3.8) is 0 Å². The molecule has 0 saturated carbocycles. The Hall–Kier alpha value is -3.21. The fourth-order valence-electron chi connectivity index (χ4n) is 2.25. The number of ketones is 1. The summed E-state index contributed by atoms with van der Waals surface area (Å²) < 4.78 is 7.06. The van der Waals surface area contributed by atoms with Gasteiger partial charge in [-0.2, -0.15) is 5.10 Å². The number of rotatable bonds is 4. The Bertz CT molecular complexity index is 895. The molecule has 0 amide bonds. The number of carbonyl (C=O) groups excluding carboxylic acids is 2. The van der Waals surface area contributed by atoms with Crippen LogP contribution in [0.3, 0.4) is 0 Å². The van der Waals surface area contributed by atoms with E-state index in [1.165, 1.54) is 6.92 Å². The van der Waals surface area contributed by atoms with E-state index in [-0.39, 0.29) is 5.78 Å². The number of aryl methyl sites for hydroxylation is 1. The van der Waals surface area contributed by atoms with Crippen molar-refractivity contribution in [3.05, 3.63) is 77.6 Å². The van der Waals surface area contributed by atoms with Crippen molar-refractivity contribution in [2.75, 3.05) is 0 Å². The predicted molar refractivity (Wildman–Crippen MR) is 89.7 cm³/mol. The van der Waals surface area contributed by atoms with Crippen LogP contribution in [0.4, 0.5) is 0 Å². The van der Waals surface area contributed by atoms with Gasteiger partial charge in [-0.15, -0.1) is 0 Å². The number of aromatic nitrogens is 2. The smallest absolute Gasteiger partial charge is 0.343 e. The van der Waals surface area contributed by atoms with Crippen LogP contribution < -0.4 is 4.74 Å². The zero-order chi connectivity index (χ0) is 17.1. The van der Waals surface area contributed by atoms with Gasteiger partial charge in [-0.1, -0.05) is 12.1 Å². The molecule has 3 rings (SSSR count). The van der Waals surface area contributed by atoms with E-state index in [1.807, 2.05) is 13.1 Å². The fourth-order valence-corrected chi connectivity index (χ4v) is 2.25. The Morgan fingerprint density at radius 2 is 1.79 bits per heavy atom. The van der Waals surface area contributed by atoms with E-state index in [9.17, 15) is 9.59 Å². The molecular weight excluding hydrogens is 304 g/mol. The molecule has 0 aliphatic carbocycles. The summed E-state index contributed by atoms with van der Waals surface area (Å²) in [5.74, 6) is -0.204. The molecule has 0 aliphatic heterocycles. The van der Waals surface area contributed by atoms with Crippen molar-refractivity contribution >= 4 is 11.8 Å². The lowest BCUT2D eigenvalue weighted by atomic mass is 10.1. The van der Waals surface area contributed by atoms with Crippen LogP contribution in [-0.2, 0) is 0 Å². The molecule has 0 N–H and O–H groups in total. The average molecular weight is 320 g/mol. The number of benzene rings is 2. The van der Waals surface area contributed by atoms with Crippen molar-refractivity contribution < 1.29 is 14.3 Å². The zero-order valence-corrected chi connectivity index (χ0v) is 13.4. The van der Waals surface area contributed by atoms with Crippen LogP contribution in [0.1, 0.15) is 33.2 Å². The lowest BCUT2D eigenvalue weighted by molar-refractivity contribution is 0.0733. The van der Waals surface area contributed by atoms with Gasteiger partial charge in [0.25, 0.3) is 0 Å². The van der Waals surface area contributed by atoms with Crippen LogP contribution in [0.25, 0.3) is 5.69 Å². The molecule has 0 spiro atoms. The number of ether oxygens (including phenoxy) is 1. The molecule has 1 heterocycles. The first-order chi connectivity index (χ1) is 11.5. The van der Waals surface area contributed by atoms with Gasteiger partial charge in [0.05, 0.1) is 17.4 Å². The molecule has 1 aromatic heterocycles. The highest BCUT2D eigenvalue weighted by atomic mass is 16.5. The van der Waals surface area contributed by atoms with Gasteiger partial charge in [0.1, 0.15) is 5.75 Å². The van der Waals surface area contributed by atoms with E-state index < -0.39 is 5.97 Å². The maximum absolute atomic E-state index is 12.2. The van der Waals surface area contributed by atoms with E-state index in [4.69, 9.17) is 4.74 Å². The molecule has 0 aliphatic rings. The molecule has 24 heavy (non-hydrogen) atoms. The van der Waals surface area contributed by atoms with Crippen LogP contribution in [0, 0.1) is 6.92 Å². The standard InChI is InChI=1S/C19H16N2O3/c1-13-11-20-21(12-13)17-8-6-15(7-9-17)19(23)24-18-5-3-4-16(10-18)14(2)22/h3-12H,1-2H3. The molecule has 0 radical (unpaired) electrons. The normalized spacial score (nSPS) is 10.4. The van der Waals surface area contributed by atoms with Crippen LogP contribution >= 0.6 is 0 Å². The number of hydrogen-bond donors (Lipinski definition) is 0. The Kier molecular flexibility index (Phi) is 4.24. The highest BCUT2D eigenvalue weighted by Gasteiger charge is 2.10. The number of hydrogen-bond acceptors (Lipinski definition) is 4. The third kappa shape index (κ3) is 3.41. The highest BCUT2D eigenvalue weighted by molar-refractivity contribution is 5.95. The molecule has 2 aromatic carbocycles. The first-order valence-electron chi connectivity index (χ1n) is 7.48. The van der Waals surface area contributed by atoms with E-state index >= 15 is 0 Å². The molecule has 0 saturated heterocycles. The maximum Gasteiger partial charge on any atom is 0.343 e. The molecule has 0 bridgehead atoms. The second kappa shape index (κ2) is 6.50. The summed E-state index contributed by atoms with van der Waals surface area (Å²) in [6, 6.07) is 13.5. The first-order valence-corrected chi connectivity index (χ1v) is 7.48. The van der Waals surface area contributed by atoms with E-state index in [2.05, 4.69) is 5.10 Å². The van der Waals surface area contributed by atoms with E-state index in [0.29, 0.717) is 16.9 Å². The summed E-state index contributed by atoms with van der Waals surface area (Å²) in [6.07, 6.45) is 3.67. The fraction of sp³-hybridized carbons (Fsp3) is 0.105. The summed E-state index contributed by atoms with van der Waals surface area (Å²) in [4.78, 5) is 23.6. The molecule has 5 nitrogen and oxygen atoms in total. The third-order valence-electron chi connectivity index (χ3n) is 3.53. The van der Waals surface area contributed by atoms with Crippen molar-refractivity contribution in [1.82, 2.24) is 9.78 Å². The second-order valence-electron chi connectivity index (χ2n) is 5.48. The van der Waals surface area contributed by atoms with Gasteiger partial charge < -0.3 is 4.74 Å². The minimum Gasteiger partial charge on any atom is -0.423 e. The van der Waals surface area contributed by atoms with Gasteiger partial charge in [-0.25, -0.2) is 9.48 Å². The van der Waals surface area contributed by atoms with Crippen molar-refractivity contribution in [1.29, 1.82) is 0 Å². The van der Waals surface area contributed by atoms with Crippen LogP contribution in [0.15, 0.2) is 60.9 Å². The summed E-state index contributed by atoms with van der Waals surface area (Å²) in [5, 5.41) is 4.22. The van der Waals surface area contributed by atoms with E-state index in [1.54, 1.807) is 59.4 Å². The molecule has 120 valence electrons. The van der Waals surface area contributed by atoms with Crippen LogP contribution in [0.2, 0.25) is 0 Å². The molecule has 0 unspecified atom stereocenters. The van der Waals surface area contributed by atoms with Gasteiger partial charge in [-0.3, -0.25) is 4.79 Å². The minimum absolute atomic E-state index is 0.0771. The number of Topliss-reactive ketones (excluding diaryl/α,β-unsaturated/α-hetero) is 1. The Labute approximate surface area is 139 Å². The van der Waals surface area contributed by atoms with Crippen molar-refractivity contribution in [2.45, 2.75) is 13.8 Å². The van der Waals surface area contributed by atoms with Crippen molar-refractivity contribution in [3.8, 4) is 11.4 Å². The zero-order valence-electron chi connectivity index (χ0n) is 13.4. The molecule has 0 fully saturated rings. The SMILES string of the molecule is CC(=O)c1cccc(OC(=O)c2ccc(-n3cc(C)cn3)cc2)c1. The number of carbonyl (C=O) groups is 2. The summed E-state index contributed by atoms with van der Waals surface area (Å²) in [6.45, 7) is 3.43. The second-order valence-corrected chi connectivity index (χ2v) is 5.48. The summed E-state index contributed by atoms with van der Waals surface area (Å²) in [5.41, 5.74) is 2.85. The molecule has 0 atom stereocenters. The number of nitrogens with zero attached hydrogens (tertiary/aromatic N) is 2. The van der Waals surface area contributed by atoms with Crippen LogP contribution in [0.5, 0.6) is 5.75 Å². The Morgan fingerprint density at radius 1 is 1.04 bits per heavy atom. The molecular formula is C19H16N2O3. The molecule has 3 aromatic rings. The quantitative estimate of drug-likeness (QED) is 0.418. The molecule has 5 heteroatoms. The number of esters is 1. The average Bonchev–Trinajstić information content (AvgIpc) is 3.01. The van der Waals surface area contributed by atoms with Crippen LogP contribution in [-0.4, -0.2) is 21.5 Å². The lowest BCUT2D eigenvalue weighted by Crippen LogP contribution is -2.09. The van der Waals surface area contributed by atoms with Gasteiger partial charge >= 0.3 is 5.97 Å². The maximum atomic E-state index is 12.2. The Morgan fingerprint density at radius 3 is 2.42 bits per heavy atom. The van der Waals surface area contributed by atoms with Gasteiger partial charge in [0.15, 0.2) is 5.78 Å². The van der Waals surface area contributed by atoms with Crippen molar-refractivity contribution in [2.24, 2.45) is 0 Å². The van der Waals surface area contributed by atoms with Gasteiger partial charge in [-0.05, 0) is 55.8 Å². The van der Waals surface area contributed by atoms with Gasteiger partial charge in [0, 0.05) is 11.8 Å². The summed E-state index contributed by atoms with van der Waals surface area (Å²) in [7, 11) is 0. The van der Waals surface area contributed by atoms with E-state index in [0.717, 1.165) is 11.3 Å². The highest BCUT2D eigenvalue weighted by Crippen LogP contribution is 2.17. The third-order valence-corrected chi connectivity index (χ3v) is 3.53. The predicted octanol–water partition coefficient (Wildman–Crippen LogP) is 3.60. The Balaban J connectivity index is 1.76. The summed E-state index contributed by atoms with van der Waals surface area (Å²) >= 11 is 0. The minimum atomic E-state index is -0.473. The largest absolute Gasteiger partial charge is 0.423 e.